The van der Waals surface area contributed by atoms with Gasteiger partial charge in [-0.1, -0.05) is 38.4 Å². The summed E-state index contributed by atoms with van der Waals surface area (Å²) >= 11 is 12.5. The number of rotatable bonds is 4. The minimum absolute atomic E-state index is 0.0107. The lowest BCUT2D eigenvalue weighted by atomic mass is 9.90. The van der Waals surface area contributed by atoms with Gasteiger partial charge in [0.15, 0.2) is 0 Å². The monoisotopic (exact) mass is 260 g/mol. The van der Waals surface area contributed by atoms with Gasteiger partial charge in [0, 0.05) is 0 Å². The first-order valence-electron chi connectivity index (χ1n) is 5.44. The van der Waals surface area contributed by atoms with Crippen LogP contribution in [0.1, 0.15) is 31.7 Å². The molecule has 0 heterocycles. The van der Waals surface area contributed by atoms with Gasteiger partial charge < -0.3 is 4.74 Å². The third-order valence-electron chi connectivity index (χ3n) is 3.01. The van der Waals surface area contributed by atoms with Gasteiger partial charge in [-0.2, -0.15) is 0 Å². The number of benzene rings is 1. The van der Waals surface area contributed by atoms with E-state index in [0.29, 0.717) is 22.6 Å². The molecule has 0 aliphatic carbocycles. The van der Waals surface area contributed by atoms with Gasteiger partial charge in [-0.3, -0.25) is 0 Å². The molecule has 0 aromatic heterocycles. The Labute approximate surface area is 108 Å². The Morgan fingerprint density at radius 2 is 1.81 bits per heavy atom. The molecular formula is C13H18Cl2O. The average molecular weight is 261 g/mol. The van der Waals surface area contributed by atoms with Gasteiger partial charge in [0.1, 0.15) is 5.75 Å². The van der Waals surface area contributed by atoms with Crippen molar-refractivity contribution in [3.8, 4) is 5.75 Å². The van der Waals surface area contributed by atoms with E-state index >= 15 is 0 Å². The highest BCUT2D eigenvalue weighted by atomic mass is 35.5. The van der Waals surface area contributed by atoms with Crippen molar-refractivity contribution in [1.82, 2.24) is 0 Å². The molecule has 3 heteroatoms. The highest BCUT2D eigenvalue weighted by Gasteiger charge is 2.20. The van der Waals surface area contributed by atoms with Gasteiger partial charge in [0.05, 0.1) is 17.5 Å². The van der Waals surface area contributed by atoms with Gasteiger partial charge in [-0.15, -0.1) is 11.6 Å². The minimum Gasteiger partial charge on any atom is -0.495 e. The van der Waals surface area contributed by atoms with Gasteiger partial charge in [-0.05, 0) is 29.5 Å². The highest BCUT2D eigenvalue weighted by molar-refractivity contribution is 6.32. The lowest BCUT2D eigenvalue weighted by Crippen LogP contribution is -2.10. The Kier molecular flexibility index (Phi) is 4.94. The maximum Gasteiger partial charge on any atom is 0.137 e. The summed E-state index contributed by atoms with van der Waals surface area (Å²) in [5, 5.41) is 0.602. The number of methoxy groups -OCH3 is 1. The summed E-state index contributed by atoms with van der Waals surface area (Å²) in [5.41, 5.74) is 1.05. The maximum atomic E-state index is 6.42. The number of halogens is 2. The largest absolute Gasteiger partial charge is 0.495 e. The number of alkyl halides is 1. The van der Waals surface area contributed by atoms with E-state index in [2.05, 4.69) is 20.8 Å². The molecule has 1 nitrogen and oxygen atoms in total. The van der Waals surface area contributed by atoms with Crippen molar-refractivity contribution < 1.29 is 4.74 Å². The Bertz CT molecular complexity index is 350. The van der Waals surface area contributed by atoms with Crippen LogP contribution in [0.2, 0.25) is 5.02 Å². The summed E-state index contributed by atoms with van der Waals surface area (Å²) in [6.45, 7) is 6.50. The van der Waals surface area contributed by atoms with E-state index in [0.717, 1.165) is 5.56 Å². The van der Waals surface area contributed by atoms with Crippen LogP contribution in [0.4, 0.5) is 0 Å². The summed E-state index contributed by atoms with van der Waals surface area (Å²) < 4.78 is 5.11. The van der Waals surface area contributed by atoms with Crippen LogP contribution in [0.25, 0.3) is 0 Å². The van der Waals surface area contributed by atoms with Crippen LogP contribution in [0.3, 0.4) is 0 Å². The van der Waals surface area contributed by atoms with E-state index < -0.39 is 0 Å². The normalized spacial score (nSPS) is 14.9. The van der Waals surface area contributed by atoms with Crippen molar-refractivity contribution >= 4 is 23.2 Å². The van der Waals surface area contributed by atoms with Gasteiger partial charge in [0.25, 0.3) is 0 Å². The van der Waals surface area contributed by atoms with Crippen molar-refractivity contribution in [3.05, 3.63) is 28.8 Å². The second-order valence-corrected chi connectivity index (χ2v) is 5.28. The Morgan fingerprint density at radius 3 is 2.25 bits per heavy atom. The van der Waals surface area contributed by atoms with Crippen LogP contribution in [0, 0.1) is 11.8 Å². The van der Waals surface area contributed by atoms with Crippen molar-refractivity contribution in [1.29, 1.82) is 0 Å². The molecule has 0 saturated carbocycles. The van der Waals surface area contributed by atoms with E-state index in [-0.39, 0.29) is 5.38 Å². The standard InChI is InChI=1S/C13H18Cl2O/c1-8(2)9(3)13(15)10-5-6-12(16-4)11(14)7-10/h5-9,13H,1-4H3. The summed E-state index contributed by atoms with van der Waals surface area (Å²) in [7, 11) is 1.61. The molecule has 0 aliphatic rings. The molecule has 90 valence electrons. The van der Waals surface area contributed by atoms with E-state index in [1.807, 2.05) is 18.2 Å². The Balaban J connectivity index is 2.92. The molecule has 0 N–H and O–H groups in total. The zero-order chi connectivity index (χ0) is 12.3. The zero-order valence-electron chi connectivity index (χ0n) is 10.1. The number of hydrogen-bond donors (Lipinski definition) is 0. The van der Waals surface area contributed by atoms with Crippen LogP contribution in [-0.2, 0) is 0 Å². The maximum absolute atomic E-state index is 6.42. The summed E-state index contributed by atoms with van der Waals surface area (Å²) in [6, 6.07) is 5.72. The predicted octanol–water partition coefficient (Wildman–Crippen LogP) is 4.92. The SMILES string of the molecule is COc1ccc(C(Cl)C(C)C(C)C)cc1Cl. The molecule has 0 spiro atoms. The molecule has 1 aromatic rings. The van der Waals surface area contributed by atoms with E-state index in [1.54, 1.807) is 7.11 Å². The fraction of sp³-hybridized carbons (Fsp3) is 0.538. The van der Waals surface area contributed by atoms with E-state index in [9.17, 15) is 0 Å². The molecule has 0 amide bonds. The predicted molar refractivity (Wildman–Crippen MR) is 70.6 cm³/mol. The minimum atomic E-state index is -0.0107. The molecule has 0 fully saturated rings. The molecule has 0 aliphatic heterocycles. The third kappa shape index (κ3) is 3.05. The third-order valence-corrected chi connectivity index (χ3v) is 3.95. The second kappa shape index (κ2) is 5.79. The van der Waals surface area contributed by atoms with Gasteiger partial charge in [-0.25, -0.2) is 0 Å². The number of hydrogen-bond acceptors (Lipinski definition) is 1. The van der Waals surface area contributed by atoms with Crippen LogP contribution in [0.15, 0.2) is 18.2 Å². The Hall–Kier alpha value is -0.400. The lowest BCUT2D eigenvalue weighted by Gasteiger charge is -2.22. The van der Waals surface area contributed by atoms with Crippen LogP contribution >= 0.6 is 23.2 Å². The molecule has 1 rings (SSSR count). The van der Waals surface area contributed by atoms with Gasteiger partial charge >= 0.3 is 0 Å². The van der Waals surface area contributed by atoms with Crippen LogP contribution < -0.4 is 4.74 Å². The first-order chi connectivity index (χ1) is 7.47. The molecule has 0 radical (unpaired) electrons. The van der Waals surface area contributed by atoms with Crippen molar-refractivity contribution in [3.63, 3.8) is 0 Å². The molecule has 0 saturated heterocycles. The topological polar surface area (TPSA) is 9.23 Å². The quantitative estimate of drug-likeness (QED) is 0.699. The second-order valence-electron chi connectivity index (χ2n) is 4.40. The fourth-order valence-corrected chi connectivity index (χ4v) is 2.19. The Morgan fingerprint density at radius 1 is 1.19 bits per heavy atom. The molecule has 16 heavy (non-hydrogen) atoms. The fourth-order valence-electron chi connectivity index (χ4n) is 1.50. The summed E-state index contributed by atoms with van der Waals surface area (Å²) in [6.07, 6.45) is 0. The van der Waals surface area contributed by atoms with Crippen LogP contribution in [0.5, 0.6) is 5.75 Å². The van der Waals surface area contributed by atoms with Gasteiger partial charge in [0.2, 0.25) is 0 Å². The molecule has 1 aromatic carbocycles. The first kappa shape index (κ1) is 13.7. The molecule has 2 unspecified atom stereocenters. The smallest absolute Gasteiger partial charge is 0.137 e. The average Bonchev–Trinajstić information content (AvgIpc) is 2.26. The van der Waals surface area contributed by atoms with Crippen LogP contribution in [-0.4, -0.2) is 7.11 Å². The number of ether oxygens (including phenoxy) is 1. The van der Waals surface area contributed by atoms with E-state index in [4.69, 9.17) is 27.9 Å². The van der Waals surface area contributed by atoms with Crippen molar-refractivity contribution in [2.75, 3.05) is 7.11 Å². The van der Waals surface area contributed by atoms with Crippen molar-refractivity contribution in [2.45, 2.75) is 26.1 Å². The molecular weight excluding hydrogens is 243 g/mol. The molecule has 0 bridgehead atoms. The summed E-state index contributed by atoms with van der Waals surface area (Å²) in [5.74, 6) is 1.64. The summed E-state index contributed by atoms with van der Waals surface area (Å²) in [4.78, 5) is 0. The first-order valence-corrected chi connectivity index (χ1v) is 6.26. The lowest BCUT2D eigenvalue weighted by molar-refractivity contribution is 0.403. The highest BCUT2D eigenvalue weighted by Crippen LogP contribution is 2.36. The molecule has 2 atom stereocenters. The zero-order valence-corrected chi connectivity index (χ0v) is 11.6. The van der Waals surface area contributed by atoms with Crippen molar-refractivity contribution in [2.24, 2.45) is 11.8 Å². The van der Waals surface area contributed by atoms with E-state index in [1.165, 1.54) is 0 Å².